The van der Waals surface area contributed by atoms with Gasteiger partial charge in [0.2, 0.25) is 0 Å². The molecule has 18 heavy (non-hydrogen) atoms. The number of carbonyl (C=O) groups is 1. The van der Waals surface area contributed by atoms with Crippen LogP contribution in [0.15, 0.2) is 5.51 Å². The number of carbonyl (C=O) groups excluding carboxylic acids is 1. The number of esters is 1. The maximum absolute atomic E-state index is 11.5. The lowest BCUT2D eigenvalue weighted by Crippen LogP contribution is -2.34. The van der Waals surface area contributed by atoms with Crippen LogP contribution in [0, 0.1) is 6.92 Å². The summed E-state index contributed by atoms with van der Waals surface area (Å²) in [4.78, 5) is 19.4. The normalized spacial score (nSPS) is 15.1. The zero-order chi connectivity index (χ0) is 13.0. The molecule has 4 nitrogen and oxygen atoms in total. The molecule has 5 heteroatoms. The summed E-state index contributed by atoms with van der Waals surface area (Å²) in [5, 5.41) is 0. The highest BCUT2D eigenvalue weighted by Crippen LogP contribution is 2.27. The zero-order valence-electron chi connectivity index (χ0n) is 11.0. The van der Waals surface area contributed by atoms with Gasteiger partial charge in [-0.05, 0) is 33.1 Å². The lowest BCUT2D eigenvalue weighted by Gasteiger charge is -2.20. The number of thiazole rings is 1. The molecule has 1 aliphatic rings. The number of hydrogen-bond donors (Lipinski definition) is 0. The summed E-state index contributed by atoms with van der Waals surface area (Å²) in [5.41, 5.74) is 3.00. The molecule has 0 atom stereocenters. The van der Waals surface area contributed by atoms with Gasteiger partial charge in [0.1, 0.15) is 0 Å². The number of nitrogens with zero attached hydrogens (tertiary/aromatic N) is 2. The van der Waals surface area contributed by atoms with Crippen LogP contribution in [-0.2, 0) is 16.0 Å². The quantitative estimate of drug-likeness (QED) is 0.710. The second-order valence-electron chi connectivity index (χ2n) is 4.62. The Bertz CT molecular complexity index is 401. The zero-order valence-corrected chi connectivity index (χ0v) is 11.8. The van der Waals surface area contributed by atoms with Crippen LogP contribution in [0.4, 0.5) is 0 Å². The molecule has 0 N–H and O–H groups in total. The van der Waals surface area contributed by atoms with Gasteiger partial charge in [-0.2, -0.15) is 0 Å². The molecular formula is C13H20N2O2S. The van der Waals surface area contributed by atoms with Gasteiger partial charge in [-0.3, -0.25) is 9.69 Å². The molecule has 0 unspecified atom stereocenters. The SMILES string of the molecule is CCOC(=O)CN(CCc1scnc1C)C1CC1. The molecule has 2 rings (SSSR count). The molecule has 1 aromatic heterocycles. The Morgan fingerprint density at radius 2 is 2.39 bits per heavy atom. The fourth-order valence-electron chi connectivity index (χ4n) is 2.01. The Kier molecular flexibility index (Phi) is 4.72. The third-order valence-corrected chi connectivity index (χ3v) is 4.17. The van der Waals surface area contributed by atoms with Crippen LogP contribution in [-0.4, -0.2) is 41.6 Å². The fraction of sp³-hybridized carbons (Fsp3) is 0.692. The highest BCUT2D eigenvalue weighted by molar-refractivity contribution is 7.09. The average Bonchev–Trinajstić information content (AvgIpc) is 3.09. The molecule has 1 heterocycles. The molecule has 1 aliphatic carbocycles. The lowest BCUT2D eigenvalue weighted by atomic mass is 10.3. The third kappa shape index (κ3) is 3.78. The van der Waals surface area contributed by atoms with E-state index in [-0.39, 0.29) is 5.97 Å². The van der Waals surface area contributed by atoms with E-state index >= 15 is 0 Å². The number of ether oxygens (including phenoxy) is 1. The molecule has 0 saturated heterocycles. The maximum Gasteiger partial charge on any atom is 0.320 e. The Labute approximate surface area is 112 Å². The van der Waals surface area contributed by atoms with Crippen LogP contribution >= 0.6 is 11.3 Å². The smallest absolute Gasteiger partial charge is 0.320 e. The van der Waals surface area contributed by atoms with Gasteiger partial charge in [-0.25, -0.2) is 4.98 Å². The predicted molar refractivity (Wildman–Crippen MR) is 71.8 cm³/mol. The van der Waals surface area contributed by atoms with Crippen LogP contribution in [0.2, 0.25) is 0 Å². The van der Waals surface area contributed by atoms with Crippen molar-refractivity contribution >= 4 is 17.3 Å². The summed E-state index contributed by atoms with van der Waals surface area (Å²) in [6, 6.07) is 0.586. The van der Waals surface area contributed by atoms with E-state index in [1.807, 2.05) is 19.4 Å². The molecule has 0 bridgehead atoms. The lowest BCUT2D eigenvalue weighted by molar-refractivity contribution is -0.144. The first-order valence-corrected chi connectivity index (χ1v) is 7.37. The molecule has 0 amide bonds. The second-order valence-corrected chi connectivity index (χ2v) is 5.56. The Morgan fingerprint density at radius 3 is 2.94 bits per heavy atom. The minimum Gasteiger partial charge on any atom is -0.465 e. The van der Waals surface area contributed by atoms with Gasteiger partial charge in [-0.15, -0.1) is 11.3 Å². The van der Waals surface area contributed by atoms with E-state index in [2.05, 4.69) is 9.88 Å². The van der Waals surface area contributed by atoms with Crippen LogP contribution in [0.5, 0.6) is 0 Å². The van der Waals surface area contributed by atoms with Crippen molar-refractivity contribution in [3.05, 3.63) is 16.1 Å². The largest absolute Gasteiger partial charge is 0.465 e. The minimum absolute atomic E-state index is 0.106. The molecule has 1 fully saturated rings. The molecule has 1 saturated carbocycles. The Hall–Kier alpha value is -0.940. The third-order valence-electron chi connectivity index (χ3n) is 3.17. The predicted octanol–water partition coefficient (Wildman–Crippen LogP) is 2.02. The summed E-state index contributed by atoms with van der Waals surface area (Å²) in [5.74, 6) is -0.106. The van der Waals surface area contributed by atoms with Gasteiger partial charge in [0.25, 0.3) is 0 Å². The van der Waals surface area contributed by atoms with Crippen LogP contribution in [0.25, 0.3) is 0 Å². The fourth-order valence-corrected chi connectivity index (χ4v) is 2.78. The molecule has 0 aliphatic heterocycles. The number of aromatic nitrogens is 1. The first-order valence-electron chi connectivity index (χ1n) is 6.49. The van der Waals surface area contributed by atoms with Crippen LogP contribution in [0.1, 0.15) is 30.3 Å². The van der Waals surface area contributed by atoms with E-state index in [1.165, 1.54) is 17.7 Å². The minimum atomic E-state index is -0.106. The van der Waals surface area contributed by atoms with Gasteiger partial charge >= 0.3 is 5.97 Å². The first-order chi connectivity index (χ1) is 8.70. The van der Waals surface area contributed by atoms with E-state index in [9.17, 15) is 4.79 Å². The molecular weight excluding hydrogens is 248 g/mol. The van der Waals surface area contributed by atoms with Crippen molar-refractivity contribution in [2.75, 3.05) is 19.7 Å². The number of rotatable bonds is 7. The van der Waals surface area contributed by atoms with Crippen molar-refractivity contribution in [2.24, 2.45) is 0 Å². The van der Waals surface area contributed by atoms with Crippen molar-refractivity contribution in [1.82, 2.24) is 9.88 Å². The van der Waals surface area contributed by atoms with Gasteiger partial charge in [0.05, 0.1) is 24.4 Å². The van der Waals surface area contributed by atoms with Crippen molar-refractivity contribution in [1.29, 1.82) is 0 Å². The first kappa shape index (κ1) is 13.5. The summed E-state index contributed by atoms with van der Waals surface area (Å²) in [6.07, 6.45) is 3.40. The van der Waals surface area contributed by atoms with Crippen LogP contribution < -0.4 is 0 Å². The summed E-state index contributed by atoms with van der Waals surface area (Å²) in [6.45, 7) is 5.70. The van der Waals surface area contributed by atoms with E-state index in [1.54, 1.807) is 11.3 Å². The van der Waals surface area contributed by atoms with Crippen molar-refractivity contribution in [3.8, 4) is 0 Å². The molecule has 100 valence electrons. The van der Waals surface area contributed by atoms with Crippen molar-refractivity contribution in [2.45, 2.75) is 39.2 Å². The summed E-state index contributed by atoms with van der Waals surface area (Å²) in [7, 11) is 0. The average molecular weight is 268 g/mol. The van der Waals surface area contributed by atoms with Gasteiger partial charge in [0, 0.05) is 17.5 Å². The highest BCUT2D eigenvalue weighted by Gasteiger charge is 2.30. The molecule has 0 radical (unpaired) electrons. The Morgan fingerprint density at radius 1 is 1.61 bits per heavy atom. The molecule has 0 aromatic carbocycles. The van der Waals surface area contributed by atoms with E-state index in [0.29, 0.717) is 19.2 Å². The second kappa shape index (κ2) is 6.29. The molecule has 0 spiro atoms. The topological polar surface area (TPSA) is 42.4 Å². The number of aryl methyl sites for hydroxylation is 1. The Balaban J connectivity index is 1.83. The number of hydrogen-bond acceptors (Lipinski definition) is 5. The molecule has 1 aromatic rings. The van der Waals surface area contributed by atoms with E-state index in [4.69, 9.17) is 4.74 Å². The van der Waals surface area contributed by atoms with Gasteiger partial charge < -0.3 is 4.74 Å². The summed E-state index contributed by atoms with van der Waals surface area (Å²) < 4.78 is 5.02. The highest BCUT2D eigenvalue weighted by atomic mass is 32.1. The van der Waals surface area contributed by atoms with Gasteiger partial charge in [0.15, 0.2) is 0 Å². The van der Waals surface area contributed by atoms with Crippen molar-refractivity contribution < 1.29 is 9.53 Å². The summed E-state index contributed by atoms with van der Waals surface area (Å²) >= 11 is 1.70. The van der Waals surface area contributed by atoms with E-state index in [0.717, 1.165) is 18.7 Å². The van der Waals surface area contributed by atoms with E-state index < -0.39 is 0 Å². The van der Waals surface area contributed by atoms with Crippen LogP contribution in [0.3, 0.4) is 0 Å². The standard InChI is InChI=1S/C13H20N2O2S/c1-3-17-13(16)8-15(11-4-5-11)7-6-12-10(2)14-9-18-12/h9,11H,3-8H2,1-2H3. The van der Waals surface area contributed by atoms with Gasteiger partial charge in [-0.1, -0.05) is 0 Å². The van der Waals surface area contributed by atoms with Crippen molar-refractivity contribution in [3.63, 3.8) is 0 Å². The maximum atomic E-state index is 11.5. The monoisotopic (exact) mass is 268 g/mol.